The maximum Gasteiger partial charge on any atom is 0.302 e. The van der Waals surface area contributed by atoms with Crippen molar-refractivity contribution in [3.05, 3.63) is 0 Å². The van der Waals surface area contributed by atoms with Crippen LogP contribution >= 0.6 is 0 Å². The van der Waals surface area contributed by atoms with E-state index in [4.69, 9.17) is 14.2 Å². The summed E-state index contributed by atoms with van der Waals surface area (Å²) in [7, 11) is 0. The zero-order chi connectivity index (χ0) is 18.8. The van der Waals surface area contributed by atoms with E-state index in [0.29, 0.717) is 6.61 Å². The molecule has 0 spiro atoms. The molecule has 1 aliphatic heterocycles. The predicted octanol–water partition coefficient (Wildman–Crippen LogP) is 3.04. The summed E-state index contributed by atoms with van der Waals surface area (Å²) in [4.78, 5) is 22.7. The van der Waals surface area contributed by atoms with E-state index in [9.17, 15) is 9.59 Å². The van der Waals surface area contributed by atoms with Gasteiger partial charge in [-0.3, -0.25) is 9.59 Å². The second kappa shape index (κ2) is 11.5. The van der Waals surface area contributed by atoms with Crippen molar-refractivity contribution in [1.29, 1.82) is 0 Å². The molecule has 0 aliphatic carbocycles. The number of nitrogens with one attached hydrogen (secondary N) is 1. The molecule has 0 aromatic heterocycles. The fraction of sp³-hybridized carbons (Fsp3) is 0.895. The molecule has 1 N–H and O–H groups in total. The van der Waals surface area contributed by atoms with Crippen LogP contribution in [0.1, 0.15) is 66.7 Å². The Labute approximate surface area is 152 Å². The Morgan fingerprint density at radius 1 is 1.04 bits per heavy atom. The maximum absolute atomic E-state index is 11.6. The Kier molecular flexibility index (Phi) is 10.0. The highest BCUT2D eigenvalue weighted by molar-refractivity contribution is 5.73. The van der Waals surface area contributed by atoms with Crippen LogP contribution in [0.3, 0.4) is 0 Å². The topological polar surface area (TPSA) is 73.9 Å². The van der Waals surface area contributed by atoms with Crippen molar-refractivity contribution in [3.8, 4) is 0 Å². The summed E-state index contributed by atoms with van der Waals surface area (Å²) in [6.07, 6.45) is 5.04. The van der Waals surface area contributed by atoms with Crippen molar-refractivity contribution in [1.82, 2.24) is 5.32 Å². The molecular formula is C19H35NO5. The highest BCUT2D eigenvalue weighted by Gasteiger charge is 2.42. The summed E-state index contributed by atoms with van der Waals surface area (Å²) in [5.74, 6) is -0.118. The van der Waals surface area contributed by atoms with Gasteiger partial charge in [0.1, 0.15) is 6.61 Å². The highest BCUT2D eigenvalue weighted by Crippen LogP contribution is 2.31. The van der Waals surface area contributed by atoms with E-state index in [1.165, 1.54) is 33.1 Å². The van der Waals surface area contributed by atoms with E-state index in [1.54, 1.807) is 0 Å². The fourth-order valence-corrected chi connectivity index (χ4v) is 3.17. The standard InChI is InChI=1S/C19H35NO5/c1-6-7-8-9-10-11-23-19-18(20-15(4)21)14(3)13(2)17(25-19)12-24-16(5)22/h13-14,17-19H,6-12H2,1-5H3,(H,20,21). The van der Waals surface area contributed by atoms with Gasteiger partial charge >= 0.3 is 5.97 Å². The summed E-state index contributed by atoms with van der Waals surface area (Å²) in [5.41, 5.74) is 0. The first-order valence-electron chi connectivity index (χ1n) is 9.54. The molecule has 5 atom stereocenters. The number of carbonyl (C=O) groups excluding carboxylic acids is 2. The van der Waals surface area contributed by atoms with Crippen molar-refractivity contribution < 1.29 is 23.8 Å². The van der Waals surface area contributed by atoms with Crippen molar-refractivity contribution >= 4 is 11.9 Å². The molecule has 0 bridgehead atoms. The van der Waals surface area contributed by atoms with Gasteiger partial charge in [0.15, 0.2) is 6.29 Å². The first kappa shape index (κ1) is 21.9. The summed E-state index contributed by atoms with van der Waals surface area (Å²) in [6.45, 7) is 10.0. The normalized spacial score (nSPS) is 29.2. The molecule has 0 saturated carbocycles. The van der Waals surface area contributed by atoms with Crippen molar-refractivity contribution in [2.45, 2.75) is 85.2 Å². The Morgan fingerprint density at radius 3 is 2.32 bits per heavy atom. The predicted molar refractivity (Wildman–Crippen MR) is 95.9 cm³/mol. The molecule has 1 aliphatic rings. The molecule has 0 aromatic rings. The second-order valence-electron chi connectivity index (χ2n) is 7.08. The zero-order valence-electron chi connectivity index (χ0n) is 16.4. The van der Waals surface area contributed by atoms with Gasteiger partial charge in [-0.15, -0.1) is 0 Å². The molecule has 6 heteroatoms. The number of esters is 1. The smallest absolute Gasteiger partial charge is 0.302 e. The van der Waals surface area contributed by atoms with Crippen LogP contribution in [0, 0.1) is 11.8 Å². The Bertz CT molecular complexity index is 413. The molecule has 1 rings (SSSR count). The lowest BCUT2D eigenvalue weighted by Gasteiger charge is -2.44. The minimum Gasteiger partial charge on any atom is -0.463 e. The van der Waals surface area contributed by atoms with Crippen molar-refractivity contribution in [2.75, 3.05) is 13.2 Å². The van der Waals surface area contributed by atoms with Crippen LogP contribution in [0.5, 0.6) is 0 Å². The quantitative estimate of drug-likeness (QED) is 0.480. The van der Waals surface area contributed by atoms with E-state index in [2.05, 4.69) is 26.1 Å². The molecular weight excluding hydrogens is 322 g/mol. The SMILES string of the molecule is CCCCCCCOC1OC(COC(C)=O)C(C)C(C)C1NC(C)=O. The van der Waals surface area contributed by atoms with Crippen LogP contribution < -0.4 is 5.32 Å². The van der Waals surface area contributed by atoms with Gasteiger partial charge in [-0.05, 0) is 18.3 Å². The largest absolute Gasteiger partial charge is 0.463 e. The third-order valence-corrected chi connectivity index (χ3v) is 4.94. The molecule has 6 nitrogen and oxygen atoms in total. The van der Waals surface area contributed by atoms with Gasteiger partial charge < -0.3 is 19.5 Å². The van der Waals surface area contributed by atoms with Gasteiger partial charge in [0, 0.05) is 20.5 Å². The summed E-state index contributed by atoms with van der Waals surface area (Å²) in [6, 6.07) is -0.197. The van der Waals surface area contributed by atoms with Crippen LogP contribution in [0.25, 0.3) is 0 Å². The summed E-state index contributed by atoms with van der Waals surface area (Å²) < 4.78 is 17.1. The highest BCUT2D eigenvalue weighted by atomic mass is 16.7. The molecule has 1 heterocycles. The molecule has 1 saturated heterocycles. The summed E-state index contributed by atoms with van der Waals surface area (Å²) >= 11 is 0. The van der Waals surface area contributed by atoms with Crippen molar-refractivity contribution in [2.24, 2.45) is 11.8 Å². The molecule has 5 unspecified atom stereocenters. The summed E-state index contributed by atoms with van der Waals surface area (Å²) in [5, 5.41) is 2.96. The Morgan fingerprint density at radius 2 is 1.72 bits per heavy atom. The first-order chi connectivity index (χ1) is 11.9. The lowest BCUT2D eigenvalue weighted by Crippen LogP contribution is -2.58. The lowest BCUT2D eigenvalue weighted by molar-refractivity contribution is -0.244. The van der Waals surface area contributed by atoms with Gasteiger partial charge in [0.25, 0.3) is 0 Å². The Hall–Kier alpha value is -1.14. The van der Waals surface area contributed by atoms with E-state index in [0.717, 1.165) is 12.8 Å². The molecule has 1 amide bonds. The third kappa shape index (κ3) is 7.74. The Balaban J connectivity index is 2.62. The van der Waals surface area contributed by atoms with Crippen LogP contribution in [0.15, 0.2) is 0 Å². The molecule has 25 heavy (non-hydrogen) atoms. The van der Waals surface area contributed by atoms with Gasteiger partial charge in [0.2, 0.25) is 5.91 Å². The minimum atomic E-state index is -0.512. The van der Waals surface area contributed by atoms with Crippen LogP contribution in [0.4, 0.5) is 0 Å². The molecule has 0 aromatic carbocycles. The number of ether oxygens (including phenoxy) is 3. The number of rotatable bonds is 10. The average Bonchev–Trinajstić information content (AvgIpc) is 2.55. The molecule has 146 valence electrons. The third-order valence-electron chi connectivity index (χ3n) is 4.94. The lowest BCUT2D eigenvalue weighted by atomic mass is 9.82. The van der Waals surface area contributed by atoms with E-state index >= 15 is 0 Å². The van der Waals surface area contributed by atoms with Gasteiger partial charge in [-0.25, -0.2) is 0 Å². The molecule has 0 radical (unpaired) electrons. The van der Waals surface area contributed by atoms with Crippen LogP contribution in [-0.2, 0) is 23.8 Å². The van der Waals surface area contributed by atoms with Crippen molar-refractivity contribution in [3.63, 3.8) is 0 Å². The average molecular weight is 357 g/mol. The zero-order valence-corrected chi connectivity index (χ0v) is 16.4. The van der Waals surface area contributed by atoms with E-state index in [1.807, 2.05) is 0 Å². The fourth-order valence-electron chi connectivity index (χ4n) is 3.17. The monoisotopic (exact) mass is 357 g/mol. The van der Waals surface area contributed by atoms with Gasteiger partial charge in [-0.2, -0.15) is 0 Å². The maximum atomic E-state index is 11.6. The second-order valence-corrected chi connectivity index (χ2v) is 7.08. The van der Waals surface area contributed by atoms with Crippen LogP contribution in [-0.4, -0.2) is 43.5 Å². The van der Waals surface area contributed by atoms with E-state index in [-0.39, 0.29) is 42.5 Å². The van der Waals surface area contributed by atoms with Crippen LogP contribution in [0.2, 0.25) is 0 Å². The number of carbonyl (C=O) groups is 2. The van der Waals surface area contributed by atoms with E-state index < -0.39 is 6.29 Å². The van der Waals surface area contributed by atoms with Gasteiger partial charge in [-0.1, -0.05) is 46.5 Å². The first-order valence-corrected chi connectivity index (χ1v) is 9.54. The minimum absolute atomic E-state index is 0.0948. The number of amides is 1. The number of unbranched alkanes of at least 4 members (excludes halogenated alkanes) is 4. The number of hydrogen-bond donors (Lipinski definition) is 1. The van der Waals surface area contributed by atoms with Gasteiger partial charge in [0.05, 0.1) is 12.1 Å². The number of hydrogen-bond acceptors (Lipinski definition) is 5. The molecule has 1 fully saturated rings.